The van der Waals surface area contributed by atoms with E-state index in [-0.39, 0.29) is 23.9 Å². The van der Waals surface area contributed by atoms with Crippen LogP contribution in [0.5, 0.6) is 0 Å². The van der Waals surface area contributed by atoms with Crippen molar-refractivity contribution in [3.8, 4) is 6.07 Å². The van der Waals surface area contributed by atoms with Crippen molar-refractivity contribution in [1.82, 2.24) is 9.21 Å². The maximum atomic E-state index is 12.9. The van der Waals surface area contributed by atoms with E-state index in [2.05, 4.69) is 6.92 Å². The van der Waals surface area contributed by atoms with Gasteiger partial charge in [0.25, 0.3) is 5.91 Å². The van der Waals surface area contributed by atoms with Crippen molar-refractivity contribution in [1.29, 1.82) is 5.26 Å². The zero-order chi connectivity index (χ0) is 20.1. The molecule has 0 bridgehead atoms. The highest BCUT2D eigenvalue weighted by Gasteiger charge is 2.30. The molecule has 6 nitrogen and oxygen atoms in total. The topological polar surface area (TPSA) is 81.5 Å². The van der Waals surface area contributed by atoms with Crippen LogP contribution in [-0.4, -0.2) is 49.7 Å². The summed E-state index contributed by atoms with van der Waals surface area (Å²) >= 11 is 0. The molecule has 1 heterocycles. The van der Waals surface area contributed by atoms with Crippen LogP contribution in [-0.2, 0) is 16.4 Å². The highest BCUT2D eigenvalue weighted by Crippen LogP contribution is 2.20. The predicted octanol–water partition coefficient (Wildman–Crippen LogP) is 2.66. The SMILES string of the molecule is CCCc1ccc(S(=O)(=O)N2CCN(C(=O)c3cccc(C#N)c3)CC2)cc1. The second-order valence-corrected chi connectivity index (χ2v) is 8.72. The van der Waals surface area contributed by atoms with E-state index < -0.39 is 10.0 Å². The Hall–Kier alpha value is -2.69. The van der Waals surface area contributed by atoms with Crippen LogP contribution in [0.2, 0.25) is 0 Å². The fourth-order valence-corrected chi connectivity index (χ4v) is 4.72. The van der Waals surface area contributed by atoms with Gasteiger partial charge in [0.15, 0.2) is 0 Å². The molecule has 0 radical (unpaired) electrons. The number of hydrogen-bond donors (Lipinski definition) is 0. The average Bonchev–Trinajstić information content (AvgIpc) is 2.74. The summed E-state index contributed by atoms with van der Waals surface area (Å²) in [5, 5.41) is 8.99. The zero-order valence-corrected chi connectivity index (χ0v) is 16.7. The normalized spacial score (nSPS) is 15.2. The summed E-state index contributed by atoms with van der Waals surface area (Å²) in [6.45, 7) is 3.24. The molecule has 1 aliphatic rings. The minimum Gasteiger partial charge on any atom is -0.336 e. The van der Waals surface area contributed by atoms with Gasteiger partial charge in [-0.3, -0.25) is 4.79 Å². The summed E-state index contributed by atoms with van der Waals surface area (Å²) in [4.78, 5) is 14.6. The number of rotatable bonds is 5. The van der Waals surface area contributed by atoms with E-state index in [4.69, 9.17) is 5.26 Å². The number of nitriles is 1. The molecular weight excluding hydrogens is 374 g/mol. The van der Waals surface area contributed by atoms with Crippen molar-refractivity contribution in [3.05, 3.63) is 65.2 Å². The first-order valence-electron chi connectivity index (χ1n) is 9.34. The zero-order valence-electron chi connectivity index (χ0n) is 15.8. The molecule has 2 aromatic rings. The molecule has 0 saturated carbocycles. The summed E-state index contributed by atoms with van der Waals surface area (Å²) in [5.74, 6) is -0.182. The molecule has 0 unspecified atom stereocenters. The Morgan fingerprint density at radius 2 is 1.75 bits per heavy atom. The Balaban J connectivity index is 1.67. The fraction of sp³-hybridized carbons (Fsp3) is 0.333. The number of carbonyl (C=O) groups is 1. The molecule has 1 aliphatic heterocycles. The van der Waals surface area contributed by atoms with Gasteiger partial charge >= 0.3 is 0 Å². The fourth-order valence-electron chi connectivity index (χ4n) is 3.30. The number of benzene rings is 2. The van der Waals surface area contributed by atoms with Crippen LogP contribution in [0.25, 0.3) is 0 Å². The first kappa shape index (κ1) is 20.1. The van der Waals surface area contributed by atoms with Gasteiger partial charge in [-0.1, -0.05) is 31.5 Å². The largest absolute Gasteiger partial charge is 0.336 e. The molecule has 0 N–H and O–H groups in total. The third-order valence-corrected chi connectivity index (χ3v) is 6.78. The molecule has 146 valence electrons. The average molecular weight is 398 g/mol. The molecule has 1 saturated heterocycles. The first-order valence-corrected chi connectivity index (χ1v) is 10.8. The third kappa shape index (κ3) is 4.24. The smallest absolute Gasteiger partial charge is 0.253 e. The standard InChI is InChI=1S/C21H23N3O3S/c1-2-4-17-7-9-20(10-8-17)28(26,27)24-13-11-23(12-14-24)21(25)19-6-3-5-18(15-19)16-22/h3,5-10,15H,2,4,11-14H2,1H3. The number of carbonyl (C=O) groups excluding carboxylic acids is 1. The van der Waals surface area contributed by atoms with Gasteiger partial charge < -0.3 is 4.90 Å². The highest BCUT2D eigenvalue weighted by molar-refractivity contribution is 7.89. The van der Waals surface area contributed by atoms with Crippen LogP contribution in [0.15, 0.2) is 53.4 Å². The van der Waals surface area contributed by atoms with Crippen LogP contribution in [0.4, 0.5) is 0 Å². The number of nitrogens with zero attached hydrogens (tertiary/aromatic N) is 3. The van der Waals surface area contributed by atoms with Crippen LogP contribution < -0.4 is 0 Å². The molecule has 0 spiro atoms. The lowest BCUT2D eigenvalue weighted by Crippen LogP contribution is -2.50. The molecule has 1 fully saturated rings. The van der Waals surface area contributed by atoms with Crippen molar-refractivity contribution in [3.63, 3.8) is 0 Å². The molecule has 1 amide bonds. The number of aryl methyl sites for hydroxylation is 1. The Labute approximate surface area is 166 Å². The van der Waals surface area contributed by atoms with Crippen LogP contribution in [0, 0.1) is 11.3 Å². The van der Waals surface area contributed by atoms with Crippen molar-refractivity contribution in [2.75, 3.05) is 26.2 Å². The summed E-state index contributed by atoms with van der Waals surface area (Å²) in [7, 11) is -3.57. The molecule has 3 rings (SSSR count). The number of sulfonamides is 1. The van der Waals surface area contributed by atoms with Crippen LogP contribution in [0.1, 0.15) is 34.8 Å². The van der Waals surface area contributed by atoms with Crippen molar-refractivity contribution >= 4 is 15.9 Å². The van der Waals surface area contributed by atoms with Gasteiger partial charge in [-0.2, -0.15) is 9.57 Å². The maximum absolute atomic E-state index is 12.9. The lowest BCUT2D eigenvalue weighted by atomic mass is 10.1. The van der Waals surface area contributed by atoms with Crippen molar-refractivity contribution < 1.29 is 13.2 Å². The van der Waals surface area contributed by atoms with E-state index >= 15 is 0 Å². The number of piperazine rings is 1. The highest BCUT2D eigenvalue weighted by atomic mass is 32.2. The second kappa shape index (κ2) is 8.55. The van der Waals surface area contributed by atoms with Gasteiger partial charge in [0.05, 0.1) is 16.5 Å². The van der Waals surface area contributed by atoms with E-state index in [1.54, 1.807) is 41.3 Å². The number of amides is 1. The summed E-state index contributed by atoms with van der Waals surface area (Å²) in [6, 6.07) is 15.6. The molecule has 7 heteroatoms. The van der Waals surface area contributed by atoms with E-state index in [0.29, 0.717) is 24.2 Å². The van der Waals surface area contributed by atoms with E-state index in [1.807, 2.05) is 18.2 Å². The third-order valence-electron chi connectivity index (χ3n) is 4.86. The minimum atomic E-state index is -3.57. The Kier molecular flexibility index (Phi) is 6.12. The quantitative estimate of drug-likeness (QED) is 0.777. The first-order chi connectivity index (χ1) is 13.5. The van der Waals surface area contributed by atoms with Gasteiger partial charge in [0.1, 0.15) is 0 Å². The van der Waals surface area contributed by atoms with Gasteiger partial charge in [0, 0.05) is 31.7 Å². The van der Waals surface area contributed by atoms with Gasteiger partial charge in [-0.15, -0.1) is 0 Å². The van der Waals surface area contributed by atoms with Crippen molar-refractivity contribution in [2.24, 2.45) is 0 Å². The summed E-state index contributed by atoms with van der Waals surface area (Å²) in [5.41, 5.74) is 2.00. The maximum Gasteiger partial charge on any atom is 0.253 e. The lowest BCUT2D eigenvalue weighted by molar-refractivity contribution is 0.0698. The molecule has 28 heavy (non-hydrogen) atoms. The molecular formula is C21H23N3O3S. The van der Waals surface area contributed by atoms with Gasteiger partial charge in [-0.05, 0) is 42.3 Å². The van der Waals surface area contributed by atoms with E-state index in [0.717, 1.165) is 18.4 Å². The van der Waals surface area contributed by atoms with Crippen LogP contribution >= 0.6 is 0 Å². The Morgan fingerprint density at radius 3 is 2.36 bits per heavy atom. The van der Waals surface area contributed by atoms with Gasteiger partial charge in [0.2, 0.25) is 10.0 Å². The summed E-state index contributed by atoms with van der Waals surface area (Å²) < 4.78 is 27.2. The molecule has 2 aromatic carbocycles. The van der Waals surface area contributed by atoms with Crippen LogP contribution in [0.3, 0.4) is 0 Å². The Bertz CT molecular complexity index is 986. The second-order valence-electron chi connectivity index (χ2n) is 6.78. The Morgan fingerprint density at radius 1 is 1.07 bits per heavy atom. The predicted molar refractivity (Wildman–Crippen MR) is 106 cm³/mol. The van der Waals surface area contributed by atoms with E-state index in [1.165, 1.54) is 4.31 Å². The molecule has 0 atom stereocenters. The molecule has 0 aliphatic carbocycles. The van der Waals surface area contributed by atoms with E-state index in [9.17, 15) is 13.2 Å². The summed E-state index contributed by atoms with van der Waals surface area (Å²) in [6.07, 6.45) is 1.94. The number of hydrogen-bond acceptors (Lipinski definition) is 4. The minimum absolute atomic E-state index is 0.182. The lowest BCUT2D eigenvalue weighted by Gasteiger charge is -2.34. The molecule has 0 aromatic heterocycles. The monoisotopic (exact) mass is 397 g/mol. The van der Waals surface area contributed by atoms with Crippen molar-refractivity contribution in [2.45, 2.75) is 24.7 Å². The van der Waals surface area contributed by atoms with Gasteiger partial charge in [-0.25, -0.2) is 8.42 Å².